The van der Waals surface area contributed by atoms with Crippen LogP contribution in [0.5, 0.6) is 0 Å². The van der Waals surface area contributed by atoms with Gasteiger partial charge in [-0.1, -0.05) is 56.9 Å². The van der Waals surface area contributed by atoms with E-state index in [1.807, 2.05) is 41.3 Å². The Morgan fingerprint density at radius 1 is 1.00 bits per heavy atom. The summed E-state index contributed by atoms with van der Waals surface area (Å²) in [6, 6.07) is 18.3. The zero-order valence-electron chi connectivity index (χ0n) is 20.3. The lowest BCUT2D eigenvalue weighted by Crippen LogP contribution is -2.47. The highest BCUT2D eigenvalue weighted by Crippen LogP contribution is 2.42. The quantitative estimate of drug-likeness (QED) is 0.213. The van der Waals surface area contributed by atoms with Crippen LogP contribution in [-0.4, -0.2) is 28.6 Å². The van der Waals surface area contributed by atoms with E-state index < -0.39 is 0 Å². The maximum absolute atomic E-state index is 13.5. The summed E-state index contributed by atoms with van der Waals surface area (Å²) in [5, 5.41) is 5.77. The number of aromatic amines is 1. The fraction of sp³-hybridized carbons (Fsp3) is 0.357. The maximum Gasteiger partial charge on any atom is 0.260 e. The first-order valence-corrected chi connectivity index (χ1v) is 12.3. The Morgan fingerprint density at radius 2 is 1.81 bits per heavy atom. The van der Waals surface area contributed by atoms with Crippen molar-refractivity contribution in [2.45, 2.75) is 51.6 Å². The molecule has 0 saturated heterocycles. The lowest BCUT2D eigenvalue weighted by atomic mass is 10.00. The van der Waals surface area contributed by atoms with E-state index in [2.05, 4.69) is 35.4 Å². The van der Waals surface area contributed by atoms with Gasteiger partial charge in [0.05, 0.1) is 22.9 Å². The van der Waals surface area contributed by atoms with Crippen molar-refractivity contribution in [1.29, 1.82) is 0 Å². The van der Waals surface area contributed by atoms with Gasteiger partial charge in [0.15, 0.2) is 0 Å². The standard InChI is InChI=1S/C28H30N4O.3ClH/c1-2-25(29-17-6-5-8-18-13-14-18)32-24-16-15-20(19-9-7-10-21(26(19)24)28(32)33)27-30-22-11-3-4-12-23(22)31-27;;;/h3-4,7,9-12,15-16,18,25,29H,2,5-6,8,13-14,17H2,1H3,(H,30,31);3*1H. The number of unbranched alkanes of at least 4 members (excludes halogenated alkanes) is 1. The van der Waals surface area contributed by atoms with Crippen LogP contribution in [0.1, 0.15) is 55.8 Å². The number of anilines is 1. The molecule has 0 spiro atoms. The molecule has 1 fully saturated rings. The summed E-state index contributed by atoms with van der Waals surface area (Å²) in [5.41, 5.74) is 4.79. The Labute approximate surface area is 230 Å². The Balaban J connectivity index is 0.00000120. The van der Waals surface area contributed by atoms with E-state index in [1.54, 1.807) is 0 Å². The van der Waals surface area contributed by atoms with Gasteiger partial charge in [0.25, 0.3) is 5.91 Å². The second kappa shape index (κ2) is 11.8. The van der Waals surface area contributed by atoms with Crippen molar-refractivity contribution in [1.82, 2.24) is 15.3 Å². The van der Waals surface area contributed by atoms with Crippen LogP contribution in [0, 0.1) is 5.92 Å². The molecular weight excluding hydrogens is 515 g/mol. The third-order valence-corrected chi connectivity index (χ3v) is 7.19. The SMILES string of the molecule is CCC(NCCCCC1CC1)N1C(=O)c2cccc3c(-c4nc5ccccc5[nH]4)ccc1c23.Cl.Cl.Cl. The molecule has 2 N–H and O–H groups in total. The van der Waals surface area contributed by atoms with Crippen LogP contribution in [0.2, 0.25) is 0 Å². The van der Waals surface area contributed by atoms with Crippen molar-refractivity contribution in [2.75, 3.05) is 11.4 Å². The molecular formula is C28H33Cl3N4O. The Morgan fingerprint density at radius 3 is 2.56 bits per heavy atom. The number of hydrogen-bond donors (Lipinski definition) is 2. The number of nitrogens with one attached hydrogen (secondary N) is 2. The molecule has 8 heteroatoms. The molecule has 0 radical (unpaired) electrons. The maximum atomic E-state index is 13.5. The average molecular weight is 548 g/mol. The minimum Gasteiger partial charge on any atom is -0.338 e. The van der Waals surface area contributed by atoms with Crippen molar-refractivity contribution < 1.29 is 4.79 Å². The highest BCUT2D eigenvalue weighted by Gasteiger charge is 2.34. The molecule has 0 bridgehead atoms. The number of para-hydroxylation sites is 2. The molecule has 36 heavy (non-hydrogen) atoms. The predicted molar refractivity (Wildman–Crippen MR) is 156 cm³/mol. The van der Waals surface area contributed by atoms with Crippen LogP contribution in [0.25, 0.3) is 33.2 Å². The molecule has 1 aliphatic heterocycles. The molecule has 1 atom stereocenters. The molecule has 1 saturated carbocycles. The summed E-state index contributed by atoms with van der Waals surface area (Å²) in [5.74, 6) is 1.92. The van der Waals surface area contributed by atoms with Gasteiger partial charge in [0.1, 0.15) is 5.82 Å². The number of carbonyl (C=O) groups is 1. The summed E-state index contributed by atoms with van der Waals surface area (Å²) < 4.78 is 0. The number of H-pyrrole nitrogens is 1. The first-order chi connectivity index (χ1) is 16.2. The average Bonchev–Trinajstić information content (AvgIpc) is 3.50. The number of rotatable bonds is 9. The van der Waals surface area contributed by atoms with Crippen molar-refractivity contribution >= 4 is 70.6 Å². The molecule has 1 aliphatic carbocycles. The van der Waals surface area contributed by atoms with E-state index in [0.717, 1.165) is 63.3 Å². The van der Waals surface area contributed by atoms with E-state index >= 15 is 0 Å². The lowest BCUT2D eigenvalue weighted by Gasteiger charge is -2.29. The molecule has 4 aromatic rings. The minimum atomic E-state index is 0. The summed E-state index contributed by atoms with van der Waals surface area (Å²) in [6.45, 7) is 3.10. The molecule has 2 heterocycles. The van der Waals surface area contributed by atoms with Gasteiger partial charge in [0, 0.05) is 16.5 Å². The third kappa shape index (κ3) is 5.08. The zero-order chi connectivity index (χ0) is 22.4. The van der Waals surface area contributed by atoms with E-state index in [1.165, 1.54) is 32.1 Å². The van der Waals surface area contributed by atoms with E-state index in [9.17, 15) is 4.79 Å². The van der Waals surface area contributed by atoms with E-state index in [0.29, 0.717) is 0 Å². The monoisotopic (exact) mass is 546 g/mol. The second-order valence-electron chi connectivity index (χ2n) is 9.46. The summed E-state index contributed by atoms with van der Waals surface area (Å²) in [4.78, 5) is 23.7. The largest absolute Gasteiger partial charge is 0.338 e. The molecule has 6 rings (SSSR count). The molecule has 192 valence electrons. The topological polar surface area (TPSA) is 61.0 Å². The van der Waals surface area contributed by atoms with Gasteiger partial charge in [-0.3, -0.25) is 15.0 Å². The van der Waals surface area contributed by atoms with Gasteiger partial charge in [-0.25, -0.2) is 4.98 Å². The van der Waals surface area contributed by atoms with Crippen molar-refractivity contribution in [3.05, 3.63) is 60.2 Å². The number of carbonyl (C=O) groups excluding carboxylic acids is 1. The smallest absolute Gasteiger partial charge is 0.260 e. The van der Waals surface area contributed by atoms with Crippen LogP contribution in [0.4, 0.5) is 5.69 Å². The number of imidazole rings is 1. The molecule has 1 amide bonds. The normalized spacial score (nSPS) is 14.9. The Kier molecular flexibility index (Phi) is 9.28. The number of amides is 1. The van der Waals surface area contributed by atoms with E-state index in [-0.39, 0.29) is 49.3 Å². The number of nitrogens with zero attached hydrogens (tertiary/aromatic N) is 2. The summed E-state index contributed by atoms with van der Waals surface area (Å²) >= 11 is 0. The summed E-state index contributed by atoms with van der Waals surface area (Å²) in [7, 11) is 0. The van der Waals surface area contributed by atoms with Crippen LogP contribution >= 0.6 is 37.2 Å². The molecule has 1 aromatic heterocycles. The lowest BCUT2D eigenvalue weighted by molar-refractivity contribution is 0.0977. The molecule has 2 aliphatic rings. The fourth-order valence-electron chi connectivity index (χ4n) is 5.25. The number of fused-ring (bicyclic) bond motifs is 1. The number of halogens is 3. The number of hydrogen-bond acceptors (Lipinski definition) is 3. The van der Waals surface area contributed by atoms with Crippen molar-refractivity contribution in [2.24, 2.45) is 5.92 Å². The van der Waals surface area contributed by atoms with Crippen LogP contribution < -0.4 is 10.2 Å². The van der Waals surface area contributed by atoms with Crippen LogP contribution in [0.3, 0.4) is 0 Å². The first kappa shape index (κ1) is 28.3. The molecule has 3 aromatic carbocycles. The van der Waals surface area contributed by atoms with Gasteiger partial charge in [-0.05, 0) is 61.0 Å². The molecule has 5 nitrogen and oxygen atoms in total. The van der Waals surface area contributed by atoms with Crippen molar-refractivity contribution in [3.63, 3.8) is 0 Å². The van der Waals surface area contributed by atoms with Gasteiger partial charge >= 0.3 is 0 Å². The van der Waals surface area contributed by atoms with E-state index in [4.69, 9.17) is 4.98 Å². The number of benzene rings is 3. The van der Waals surface area contributed by atoms with Crippen LogP contribution in [-0.2, 0) is 0 Å². The second-order valence-corrected chi connectivity index (χ2v) is 9.46. The number of aromatic nitrogens is 2. The highest BCUT2D eigenvalue weighted by atomic mass is 35.5. The Hall–Kier alpha value is -2.31. The minimum absolute atomic E-state index is 0. The highest BCUT2D eigenvalue weighted by molar-refractivity contribution is 6.27. The van der Waals surface area contributed by atoms with Gasteiger partial charge in [-0.15, -0.1) is 37.2 Å². The summed E-state index contributed by atoms with van der Waals surface area (Å²) in [6.07, 6.45) is 7.52. The van der Waals surface area contributed by atoms with Crippen LogP contribution in [0.15, 0.2) is 54.6 Å². The van der Waals surface area contributed by atoms with Gasteiger partial charge in [0.2, 0.25) is 0 Å². The first-order valence-electron chi connectivity index (χ1n) is 12.3. The molecule has 1 unspecified atom stereocenters. The van der Waals surface area contributed by atoms with Gasteiger partial charge < -0.3 is 4.98 Å². The zero-order valence-corrected chi connectivity index (χ0v) is 22.8. The Bertz CT molecular complexity index is 1320. The van der Waals surface area contributed by atoms with Gasteiger partial charge in [-0.2, -0.15) is 0 Å². The van der Waals surface area contributed by atoms with Crippen molar-refractivity contribution in [3.8, 4) is 11.4 Å². The third-order valence-electron chi connectivity index (χ3n) is 7.19. The predicted octanol–water partition coefficient (Wildman–Crippen LogP) is 7.51. The fourth-order valence-corrected chi connectivity index (χ4v) is 5.25.